The van der Waals surface area contributed by atoms with Crippen molar-refractivity contribution >= 4 is 11.3 Å². The number of hydrogen-bond acceptors (Lipinski definition) is 3. The van der Waals surface area contributed by atoms with Gasteiger partial charge in [-0.2, -0.15) is 0 Å². The van der Waals surface area contributed by atoms with Crippen LogP contribution in [0.4, 0.5) is 0 Å². The molecule has 1 aromatic carbocycles. The summed E-state index contributed by atoms with van der Waals surface area (Å²) in [5.41, 5.74) is 3.94. The van der Waals surface area contributed by atoms with E-state index in [0.29, 0.717) is 0 Å². The summed E-state index contributed by atoms with van der Waals surface area (Å²) in [4.78, 5) is 12.6. The molecule has 0 radical (unpaired) electrons. The van der Waals surface area contributed by atoms with E-state index in [1.54, 1.807) is 19.6 Å². The van der Waals surface area contributed by atoms with Crippen molar-refractivity contribution in [2.75, 3.05) is 7.05 Å². The van der Waals surface area contributed by atoms with Crippen LogP contribution in [0.1, 0.15) is 18.2 Å². The van der Waals surface area contributed by atoms with E-state index in [2.05, 4.69) is 15.0 Å². The molecule has 0 N–H and O–H groups in total. The molecule has 0 atom stereocenters. The fourth-order valence-corrected chi connectivity index (χ4v) is 1.86. The number of aliphatic imine (C=N–C) groups is 1. The van der Waals surface area contributed by atoms with Crippen LogP contribution in [0.3, 0.4) is 0 Å². The Balaban J connectivity index is 2.45. The Morgan fingerprint density at radius 1 is 1.17 bits per heavy atom. The maximum Gasteiger partial charge on any atom is 0.116 e. The number of allylic oxidation sites excluding steroid dienone is 2. The van der Waals surface area contributed by atoms with Crippen molar-refractivity contribution in [3.05, 3.63) is 66.3 Å². The average molecular weight is 237 g/mol. The molecule has 1 heterocycles. The van der Waals surface area contributed by atoms with Crippen LogP contribution in [-0.4, -0.2) is 22.7 Å². The Morgan fingerprint density at radius 3 is 2.50 bits per heavy atom. The lowest BCUT2D eigenvalue weighted by Crippen LogP contribution is -2.05. The minimum Gasteiger partial charge on any atom is -0.287 e. The first-order chi connectivity index (χ1) is 8.86. The van der Waals surface area contributed by atoms with Gasteiger partial charge in [-0.1, -0.05) is 36.4 Å². The summed E-state index contributed by atoms with van der Waals surface area (Å²) in [6.45, 7) is 1.99. The van der Waals surface area contributed by atoms with Gasteiger partial charge < -0.3 is 0 Å². The molecule has 0 bridgehead atoms. The highest BCUT2D eigenvalue weighted by molar-refractivity contribution is 6.31. The molecular formula is C15H15N3. The van der Waals surface area contributed by atoms with Crippen LogP contribution < -0.4 is 0 Å². The lowest BCUT2D eigenvalue weighted by Gasteiger charge is -2.09. The third-order valence-electron chi connectivity index (χ3n) is 2.67. The number of benzene rings is 1. The van der Waals surface area contributed by atoms with Gasteiger partial charge in [-0.05, 0) is 13.0 Å². The van der Waals surface area contributed by atoms with E-state index in [0.717, 1.165) is 22.5 Å². The summed E-state index contributed by atoms with van der Waals surface area (Å²) in [5, 5.41) is 0. The van der Waals surface area contributed by atoms with Crippen LogP contribution in [0, 0.1) is 0 Å². The zero-order chi connectivity index (χ0) is 12.8. The first-order valence-corrected chi connectivity index (χ1v) is 5.82. The number of nitrogens with zero attached hydrogens (tertiary/aromatic N) is 3. The first kappa shape index (κ1) is 12.2. The molecule has 2 rings (SSSR count). The third kappa shape index (κ3) is 2.51. The van der Waals surface area contributed by atoms with Crippen LogP contribution in [0.15, 0.2) is 60.0 Å². The van der Waals surface area contributed by atoms with Gasteiger partial charge in [0.1, 0.15) is 6.33 Å². The highest BCUT2D eigenvalue weighted by atomic mass is 14.8. The Hall–Kier alpha value is -2.29. The topological polar surface area (TPSA) is 38.1 Å². The van der Waals surface area contributed by atoms with Crippen LogP contribution in [0.2, 0.25) is 0 Å². The maximum absolute atomic E-state index is 4.39. The Kier molecular flexibility index (Phi) is 3.97. The van der Waals surface area contributed by atoms with Crippen LogP contribution in [0.5, 0.6) is 0 Å². The van der Waals surface area contributed by atoms with Gasteiger partial charge in [0.2, 0.25) is 0 Å². The molecule has 3 heteroatoms. The molecule has 0 aliphatic heterocycles. The normalized spacial score (nSPS) is 12.6. The van der Waals surface area contributed by atoms with Crippen molar-refractivity contribution in [1.82, 2.24) is 9.97 Å². The second-order valence-electron chi connectivity index (χ2n) is 3.74. The van der Waals surface area contributed by atoms with Crippen LogP contribution in [0.25, 0.3) is 5.57 Å². The molecule has 2 aromatic rings. The molecule has 0 saturated carbocycles. The van der Waals surface area contributed by atoms with Gasteiger partial charge in [-0.3, -0.25) is 4.99 Å². The summed E-state index contributed by atoms with van der Waals surface area (Å²) >= 11 is 0. The van der Waals surface area contributed by atoms with Gasteiger partial charge in [0, 0.05) is 24.4 Å². The molecule has 0 amide bonds. The van der Waals surface area contributed by atoms with Gasteiger partial charge in [-0.15, -0.1) is 0 Å². The molecule has 0 spiro atoms. The fraction of sp³-hybridized carbons (Fsp3) is 0.133. The first-order valence-electron chi connectivity index (χ1n) is 5.82. The third-order valence-corrected chi connectivity index (χ3v) is 2.67. The second kappa shape index (κ2) is 5.87. The smallest absolute Gasteiger partial charge is 0.116 e. The number of aromatic nitrogens is 2. The SMILES string of the molecule is C/C=C(\C(=NC)c1ccccc1)c1ccncn1. The van der Waals surface area contributed by atoms with Gasteiger partial charge in [0.25, 0.3) is 0 Å². The summed E-state index contributed by atoms with van der Waals surface area (Å²) in [7, 11) is 1.80. The predicted molar refractivity (Wildman–Crippen MR) is 74.6 cm³/mol. The molecule has 18 heavy (non-hydrogen) atoms. The van der Waals surface area contributed by atoms with Crippen molar-refractivity contribution in [2.24, 2.45) is 4.99 Å². The molecule has 0 saturated heterocycles. The van der Waals surface area contributed by atoms with E-state index < -0.39 is 0 Å². The van der Waals surface area contributed by atoms with Crippen molar-refractivity contribution in [1.29, 1.82) is 0 Å². The minimum atomic E-state index is 0.886. The Labute approximate surface area is 107 Å². The molecule has 1 aromatic heterocycles. The second-order valence-corrected chi connectivity index (χ2v) is 3.74. The van der Waals surface area contributed by atoms with Gasteiger partial charge in [0.15, 0.2) is 0 Å². The maximum atomic E-state index is 4.39. The summed E-state index contributed by atoms with van der Waals surface area (Å²) in [6, 6.07) is 12.0. The largest absolute Gasteiger partial charge is 0.287 e. The Morgan fingerprint density at radius 2 is 1.94 bits per heavy atom. The molecule has 3 nitrogen and oxygen atoms in total. The lowest BCUT2D eigenvalue weighted by atomic mass is 9.99. The zero-order valence-corrected chi connectivity index (χ0v) is 10.5. The van der Waals surface area contributed by atoms with E-state index in [9.17, 15) is 0 Å². The Bertz CT molecular complexity index is 503. The lowest BCUT2D eigenvalue weighted by molar-refractivity contribution is 1.14. The van der Waals surface area contributed by atoms with Crippen LogP contribution >= 0.6 is 0 Å². The standard InChI is InChI=1S/C15H15N3/c1-3-13(14-9-10-17-11-18-14)15(16-2)12-7-5-4-6-8-12/h3-11H,1-2H3/b13-3-,16-15?. The number of rotatable bonds is 3. The van der Waals surface area contributed by atoms with Gasteiger partial charge in [-0.25, -0.2) is 9.97 Å². The zero-order valence-electron chi connectivity index (χ0n) is 10.5. The fourth-order valence-electron chi connectivity index (χ4n) is 1.86. The molecular weight excluding hydrogens is 222 g/mol. The van der Waals surface area contributed by atoms with Crippen molar-refractivity contribution in [2.45, 2.75) is 6.92 Å². The molecule has 0 aliphatic rings. The van der Waals surface area contributed by atoms with Gasteiger partial charge in [0.05, 0.1) is 11.4 Å². The van der Waals surface area contributed by atoms with Crippen LogP contribution in [-0.2, 0) is 0 Å². The molecule has 0 aliphatic carbocycles. The molecule has 0 fully saturated rings. The molecule has 0 unspecified atom stereocenters. The monoisotopic (exact) mass is 237 g/mol. The van der Waals surface area contributed by atoms with E-state index in [4.69, 9.17) is 0 Å². The van der Waals surface area contributed by atoms with E-state index in [1.165, 1.54) is 0 Å². The summed E-state index contributed by atoms with van der Waals surface area (Å²) < 4.78 is 0. The highest BCUT2D eigenvalue weighted by Crippen LogP contribution is 2.18. The average Bonchev–Trinajstić information content (AvgIpc) is 2.46. The van der Waals surface area contributed by atoms with E-state index >= 15 is 0 Å². The van der Waals surface area contributed by atoms with Gasteiger partial charge >= 0.3 is 0 Å². The number of hydrogen-bond donors (Lipinski definition) is 0. The van der Waals surface area contributed by atoms with Crippen molar-refractivity contribution in [3.63, 3.8) is 0 Å². The predicted octanol–water partition coefficient (Wildman–Crippen LogP) is 3.00. The van der Waals surface area contributed by atoms with E-state index in [1.807, 2.05) is 49.4 Å². The minimum absolute atomic E-state index is 0.886. The summed E-state index contributed by atoms with van der Waals surface area (Å²) in [5.74, 6) is 0. The highest BCUT2D eigenvalue weighted by Gasteiger charge is 2.11. The van der Waals surface area contributed by atoms with Crippen molar-refractivity contribution < 1.29 is 0 Å². The van der Waals surface area contributed by atoms with E-state index in [-0.39, 0.29) is 0 Å². The summed E-state index contributed by atoms with van der Waals surface area (Å²) in [6.07, 6.45) is 5.32. The molecule has 90 valence electrons. The van der Waals surface area contributed by atoms with Crippen molar-refractivity contribution in [3.8, 4) is 0 Å². The quantitative estimate of drug-likeness (QED) is 0.770.